The van der Waals surface area contributed by atoms with Gasteiger partial charge in [-0.05, 0) is 27.2 Å². The molecule has 0 saturated carbocycles. The molecule has 0 aromatic carbocycles. The molecule has 4 heterocycles. The minimum absolute atomic E-state index is 0.180. The Morgan fingerprint density at radius 2 is 1.86 bits per heavy atom. The van der Waals surface area contributed by atoms with Gasteiger partial charge in [0.2, 0.25) is 0 Å². The first-order valence-corrected chi connectivity index (χ1v) is 8.45. The summed E-state index contributed by atoms with van der Waals surface area (Å²) in [7, 11) is 0. The van der Waals surface area contributed by atoms with E-state index in [2.05, 4.69) is 40.4 Å². The predicted octanol–water partition coefficient (Wildman–Crippen LogP) is 1.90. The highest BCUT2D eigenvalue weighted by Crippen LogP contribution is 2.40. The van der Waals surface area contributed by atoms with Crippen molar-refractivity contribution in [1.29, 1.82) is 0 Å². The van der Waals surface area contributed by atoms with E-state index in [1.54, 1.807) is 0 Å². The van der Waals surface area contributed by atoms with Crippen molar-refractivity contribution in [3.05, 3.63) is 11.6 Å². The monoisotopic (exact) mass is 306 g/mol. The molecule has 1 atom stereocenters. The van der Waals surface area contributed by atoms with Gasteiger partial charge in [0.05, 0.1) is 19.3 Å². The topological polar surface area (TPSA) is 52.4 Å². The Labute approximate surface area is 131 Å². The predicted molar refractivity (Wildman–Crippen MR) is 81.4 cm³/mol. The first-order chi connectivity index (χ1) is 10.5. The van der Waals surface area contributed by atoms with Crippen LogP contribution in [0.1, 0.15) is 57.7 Å². The second-order valence-corrected chi connectivity index (χ2v) is 7.65. The van der Waals surface area contributed by atoms with Crippen molar-refractivity contribution in [2.24, 2.45) is 0 Å². The minimum atomic E-state index is -0.374. The van der Waals surface area contributed by atoms with Crippen molar-refractivity contribution < 1.29 is 9.47 Å². The Balaban J connectivity index is 1.57. The molecule has 4 rings (SSSR count). The normalized spacial score (nSPS) is 28.4. The molecule has 3 aliphatic heterocycles. The minimum Gasteiger partial charge on any atom is -0.347 e. The highest BCUT2D eigenvalue weighted by atomic mass is 16.7. The molecular weight excluding hydrogens is 280 g/mol. The Morgan fingerprint density at radius 3 is 2.50 bits per heavy atom. The van der Waals surface area contributed by atoms with Crippen molar-refractivity contribution in [1.82, 2.24) is 19.7 Å². The summed E-state index contributed by atoms with van der Waals surface area (Å²) in [5, 5.41) is 9.00. The summed E-state index contributed by atoms with van der Waals surface area (Å²) in [6.45, 7) is 10.3. The van der Waals surface area contributed by atoms with Gasteiger partial charge in [0.1, 0.15) is 11.6 Å². The van der Waals surface area contributed by atoms with E-state index in [4.69, 9.17) is 9.47 Å². The van der Waals surface area contributed by atoms with Gasteiger partial charge in [-0.25, -0.2) is 0 Å². The van der Waals surface area contributed by atoms with Gasteiger partial charge in [0.25, 0.3) is 0 Å². The standard InChI is InChI=1S/C16H26N4O2/c1-15(2,3)20-8-5-12(20)14-18-17-13-4-6-16(7-9-19(13)14)21-10-11-22-16/h12H,4-11H2,1-3H3. The van der Waals surface area contributed by atoms with Gasteiger partial charge in [-0.1, -0.05) is 0 Å². The van der Waals surface area contributed by atoms with Gasteiger partial charge < -0.3 is 14.0 Å². The number of ether oxygens (including phenoxy) is 2. The van der Waals surface area contributed by atoms with E-state index in [-0.39, 0.29) is 11.3 Å². The Kier molecular flexibility index (Phi) is 3.33. The zero-order chi connectivity index (χ0) is 15.4. The largest absolute Gasteiger partial charge is 0.347 e. The molecule has 6 nitrogen and oxygen atoms in total. The molecule has 0 aliphatic carbocycles. The van der Waals surface area contributed by atoms with Crippen LogP contribution in [0.2, 0.25) is 0 Å². The van der Waals surface area contributed by atoms with Gasteiger partial charge in [-0.2, -0.15) is 0 Å². The van der Waals surface area contributed by atoms with Crippen LogP contribution in [0.4, 0.5) is 0 Å². The fourth-order valence-corrected chi connectivity index (χ4v) is 3.98. The molecular formula is C16H26N4O2. The number of fused-ring (bicyclic) bond motifs is 1. The molecule has 6 heteroatoms. The lowest BCUT2D eigenvalue weighted by molar-refractivity contribution is -0.166. The van der Waals surface area contributed by atoms with E-state index in [0.717, 1.165) is 44.0 Å². The van der Waals surface area contributed by atoms with Crippen LogP contribution in [0.25, 0.3) is 0 Å². The molecule has 0 amide bonds. The van der Waals surface area contributed by atoms with Crippen LogP contribution in [0.5, 0.6) is 0 Å². The lowest BCUT2D eigenvalue weighted by Gasteiger charge is -2.48. The van der Waals surface area contributed by atoms with Crippen molar-refractivity contribution in [3.8, 4) is 0 Å². The lowest BCUT2D eigenvalue weighted by atomic mass is 9.93. The molecule has 2 saturated heterocycles. The molecule has 1 aromatic heterocycles. The first kappa shape index (κ1) is 14.6. The molecule has 2 fully saturated rings. The summed E-state index contributed by atoms with van der Waals surface area (Å²) in [6, 6.07) is 0.403. The highest BCUT2D eigenvalue weighted by molar-refractivity contribution is 5.09. The Hall–Kier alpha value is -0.980. The summed E-state index contributed by atoms with van der Waals surface area (Å²) < 4.78 is 14.1. The van der Waals surface area contributed by atoms with E-state index in [9.17, 15) is 0 Å². The van der Waals surface area contributed by atoms with Crippen LogP contribution >= 0.6 is 0 Å². The maximum absolute atomic E-state index is 5.88. The number of nitrogens with zero attached hydrogens (tertiary/aromatic N) is 4. The van der Waals surface area contributed by atoms with Gasteiger partial charge in [0.15, 0.2) is 5.79 Å². The van der Waals surface area contributed by atoms with Gasteiger partial charge >= 0.3 is 0 Å². The van der Waals surface area contributed by atoms with Crippen LogP contribution in [-0.4, -0.2) is 50.7 Å². The second kappa shape index (κ2) is 5.01. The van der Waals surface area contributed by atoms with Crippen LogP contribution in [0, 0.1) is 0 Å². The molecule has 1 aromatic rings. The molecule has 1 spiro atoms. The molecule has 0 radical (unpaired) electrons. The van der Waals surface area contributed by atoms with Crippen LogP contribution in [0.15, 0.2) is 0 Å². The maximum atomic E-state index is 5.88. The number of aryl methyl sites for hydroxylation is 1. The smallest absolute Gasteiger partial charge is 0.170 e. The van der Waals surface area contributed by atoms with E-state index in [1.165, 1.54) is 6.42 Å². The van der Waals surface area contributed by atoms with E-state index in [1.807, 2.05) is 0 Å². The number of hydrogen-bond acceptors (Lipinski definition) is 5. The van der Waals surface area contributed by atoms with Crippen molar-refractivity contribution >= 4 is 0 Å². The zero-order valence-corrected chi connectivity index (χ0v) is 13.8. The summed E-state index contributed by atoms with van der Waals surface area (Å²) in [6.07, 6.45) is 3.84. The average molecular weight is 306 g/mol. The summed E-state index contributed by atoms with van der Waals surface area (Å²) >= 11 is 0. The van der Waals surface area contributed by atoms with E-state index < -0.39 is 0 Å². The van der Waals surface area contributed by atoms with Crippen molar-refractivity contribution in [2.75, 3.05) is 19.8 Å². The fraction of sp³-hybridized carbons (Fsp3) is 0.875. The quantitative estimate of drug-likeness (QED) is 0.793. The third-order valence-corrected chi connectivity index (χ3v) is 5.29. The number of hydrogen-bond donors (Lipinski definition) is 0. The van der Waals surface area contributed by atoms with Crippen LogP contribution in [-0.2, 0) is 22.4 Å². The molecule has 0 bridgehead atoms. The Morgan fingerprint density at radius 1 is 1.09 bits per heavy atom. The molecule has 0 N–H and O–H groups in total. The van der Waals surface area contributed by atoms with Crippen molar-refractivity contribution in [2.45, 2.75) is 70.4 Å². The Bertz CT molecular complexity index is 557. The summed E-state index contributed by atoms with van der Waals surface area (Å²) in [5.74, 6) is 1.85. The van der Waals surface area contributed by atoms with E-state index in [0.29, 0.717) is 19.3 Å². The second-order valence-electron chi connectivity index (χ2n) is 7.65. The number of rotatable bonds is 1. The van der Waals surface area contributed by atoms with Gasteiger partial charge in [-0.15, -0.1) is 10.2 Å². The molecule has 122 valence electrons. The first-order valence-electron chi connectivity index (χ1n) is 8.45. The third-order valence-electron chi connectivity index (χ3n) is 5.29. The summed E-state index contributed by atoms with van der Waals surface area (Å²) in [4.78, 5) is 2.52. The van der Waals surface area contributed by atoms with Crippen LogP contribution < -0.4 is 0 Å². The highest BCUT2D eigenvalue weighted by Gasteiger charge is 2.43. The maximum Gasteiger partial charge on any atom is 0.170 e. The number of aromatic nitrogens is 3. The fourth-order valence-electron chi connectivity index (χ4n) is 3.98. The molecule has 1 unspecified atom stereocenters. The van der Waals surface area contributed by atoms with Crippen LogP contribution in [0.3, 0.4) is 0 Å². The number of likely N-dealkylation sites (tertiary alicyclic amines) is 1. The van der Waals surface area contributed by atoms with E-state index >= 15 is 0 Å². The zero-order valence-electron chi connectivity index (χ0n) is 13.8. The average Bonchev–Trinajstić information content (AvgIpc) is 2.94. The van der Waals surface area contributed by atoms with Crippen molar-refractivity contribution in [3.63, 3.8) is 0 Å². The van der Waals surface area contributed by atoms with Gasteiger partial charge in [0, 0.05) is 37.9 Å². The lowest BCUT2D eigenvalue weighted by Crippen LogP contribution is -2.52. The summed E-state index contributed by atoms with van der Waals surface area (Å²) in [5.41, 5.74) is 0.180. The molecule has 3 aliphatic rings. The van der Waals surface area contributed by atoms with Gasteiger partial charge in [-0.3, -0.25) is 4.90 Å². The third kappa shape index (κ3) is 2.28. The molecule has 22 heavy (non-hydrogen) atoms. The SMILES string of the molecule is CC(C)(C)N1CCC1c1nnc2n1CCC1(CC2)OCCO1.